The number of fused-ring (bicyclic) bond motifs is 1. The number of nitrogens with zero attached hydrogens (tertiary/aromatic N) is 5. The fourth-order valence-corrected chi connectivity index (χ4v) is 8.59. The van der Waals surface area contributed by atoms with E-state index in [1.54, 1.807) is 0 Å². The fourth-order valence-electron chi connectivity index (χ4n) is 8.59. The molecule has 0 spiro atoms. The number of nitrogens with one attached hydrogen (secondary N) is 1. The zero-order valence-electron chi connectivity index (χ0n) is 30.6. The Morgan fingerprint density at radius 3 is 2.48 bits per heavy atom. The van der Waals surface area contributed by atoms with Gasteiger partial charge in [0, 0.05) is 36.9 Å². The lowest BCUT2D eigenvalue weighted by molar-refractivity contribution is -0.151. The minimum Gasteiger partial charge on any atom is -0.465 e. The van der Waals surface area contributed by atoms with Gasteiger partial charge in [0.15, 0.2) is 17.9 Å². The Morgan fingerprint density at radius 1 is 0.940 bits per heavy atom. The van der Waals surface area contributed by atoms with Crippen LogP contribution in [0, 0.1) is 5.92 Å². The van der Waals surface area contributed by atoms with Crippen molar-refractivity contribution >= 4 is 29.8 Å². The molecule has 6 atom stereocenters. The lowest BCUT2D eigenvalue weighted by atomic mass is 9.89. The second-order valence-corrected chi connectivity index (χ2v) is 14.8. The molecule has 5 rings (SSSR count). The topological polar surface area (TPSA) is 186 Å². The zero-order chi connectivity index (χ0) is 35.5. The minimum atomic E-state index is -0.304. The van der Waals surface area contributed by atoms with Gasteiger partial charge >= 0.3 is 11.9 Å². The Kier molecular flexibility index (Phi) is 14.1. The summed E-state index contributed by atoms with van der Waals surface area (Å²) < 4.78 is 11.6. The number of carbonyl (C=O) groups is 2. The Morgan fingerprint density at radius 2 is 1.68 bits per heavy atom. The number of unbranched alkanes of at least 4 members (excludes halogenated alkanes) is 8. The average Bonchev–Trinajstić information content (AvgIpc) is 3.74. The molecule has 0 unspecified atom stereocenters. The minimum absolute atomic E-state index is 0.0675. The highest BCUT2D eigenvalue weighted by Gasteiger charge is 2.50. The van der Waals surface area contributed by atoms with Gasteiger partial charge in [0.25, 0.3) is 0 Å². The molecule has 3 fully saturated rings. The normalized spacial score (nSPS) is 26.8. The van der Waals surface area contributed by atoms with Crippen molar-refractivity contribution in [3.63, 3.8) is 0 Å². The van der Waals surface area contributed by atoms with Crippen molar-refractivity contribution in [1.82, 2.24) is 15.1 Å². The molecule has 0 aliphatic carbocycles. The molecule has 280 valence electrons. The molecule has 0 saturated carbocycles. The molecule has 0 bridgehead atoms. The summed E-state index contributed by atoms with van der Waals surface area (Å²) in [6.07, 6.45) is 18.4. The van der Waals surface area contributed by atoms with E-state index < -0.39 is 0 Å². The second-order valence-electron chi connectivity index (χ2n) is 14.8. The second kappa shape index (κ2) is 18.6. The predicted octanol–water partition coefficient (Wildman–Crippen LogP) is 4.05. The van der Waals surface area contributed by atoms with Crippen molar-refractivity contribution in [3.05, 3.63) is 11.3 Å². The third-order valence-corrected chi connectivity index (χ3v) is 11.1. The van der Waals surface area contributed by atoms with E-state index in [9.17, 15) is 9.59 Å². The lowest BCUT2D eigenvalue weighted by Gasteiger charge is -2.46. The first-order valence-corrected chi connectivity index (χ1v) is 19.6. The summed E-state index contributed by atoms with van der Waals surface area (Å²) in [5.41, 5.74) is 18.7. The van der Waals surface area contributed by atoms with E-state index in [0.717, 1.165) is 88.8 Å². The molecule has 5 heterocycles. The van der Waals surface area contributed by atoms with Crippen molar-refractivity contribution < 1.29 is 19.1 Å². The highest BCUT2D eigenvalue weighted by atomic mass is 16.5. The first-order valence-electron chi connectivity index (χ1n) is 19.6. The molecule has 5 aliphatic heterocycles. The molecule has 0 radical (unpaired) electrons. The van der Waals surface area contributed by atoms with Crippen LogP contribution in [0.25, 0.3) is 0 Å². The van der Waals surface area contributed by atoms with Gasteiger partial charge < -0.3 is 41.8 Å². The molecule has 0 amide bonds. The molecule has 0 aromatic rings. The number of esters is 2. The summed E-state index contributed by atoms with van der Waals surface area (Å²) in [5.74, 6) is 0.937. The number of nitrogens with two attached hydrogens (primary N) is 3. The van der Waals surface area contributed by atoms with E-state index in [0.29, 0.717) is 49.8 Å². The van der Waals surface area contributed by atoms with Crippen LogP contribution in [0.2, 0.25) is 0 Å². The third kappa shape index (κ3) is 9.63. The first-order chi connectivity index (χ1) is 24.3. The van der Waals surface area contributed by atoms with Crippen molar-refractivity contribution in [2.45, 2.75) is 160 Å². The van der Waals surface area contributed by atoms with Gasteiger partial charge in [-0.2, -0.15) is 0 Å². The van der Waals surface area contributed by atoms with Gasteiger partial charge in [-0.15, -0.1) is 0 Å². The van der Waals surface area contributed by atoms with Crippen molar-refractivity contribution in [2.75, 3.05) is 26.3 Å². The number of allylic oxidation sites excluding steroid dienone is 1. The summed E-state index contributed by atoms with van der Waals surface area (Å²) in [6.45, 7) is 6.34. The molecular formula is C37H63N9O4. The Balaban J connectivity index is 1.02. The maximum atomic E-state index is 13.4. The smallest absolute Gasteiger partial charge is 0.337 e. The Bertz CT molecular complexity index is 1280. The average molecular weight is 698 g/mol. The van der Waals surface area contributed by atoms with Crippen molar-refractivity contribution in [1.29, 1.82) is 0 Å². The van der Waals surface area contributed by atoms with Crippen LogP contribution in [-0.2, 0) is 19.1 Å². The van der Waals surface area contributed by atoms with E-state index in [1.165, 1.54) is 38.5 Å². The van der Waals surface area contributed by atoms with E-state index in [2.05, 4.69) is 29.1 Å². The highest BCUT2D eigenvalue weighted by Crippen LogP contribution is 2.40. The van der Waals surface area contributed by atoms with Gasteiger partial charge in [-0.05, 0) is 71.1 Å². The van der Waals surface area contributed by atoms with E-state index in [-0.39, 0.29) is 41.9 Å². The van der Waals surface area contributed by atoms with Crippen LogP contribution in [0.1, 0.15) is 129 Å². The number of ether oxygens (including phenoxy) is 2. The molecule has 0 aromatic heterocycles. The lowest BCUT2D eigenvalue weighted by Crippen LogP contribution is -2.63. The van der Waals surface area contributed by atoms with Crippen LogP contribution >= 0.6 is 0 Å². The summed E-state index contributed by atoms with van der Waals surface area (Å²) in [5, 5.41) is 3.74. The Labute approximate surface area is 298 Å². The Hall–Kier alpha value is -3.51. The van der Waals surface area contributed by atoms with Gasteiger partial charge in [-0.1, -0.05) is 58.3 Å². The maximum absolute atomic E-state index is 13.4. The summed E-state index contributed by atoms with van der Waals surface area (Å²) in [7, 11) is 0. The number of carbonyl (C=O) groups excluding carboxylic acids is 2. The zero-order valence-corrected chi connectivity index (χ0v) is 30.6. The molecule has 7 N–H and O–H groups in total. The van der Waals surface area contributed by atoms with Crippen LogP contribution in [-0.4, -0.2) is 96.1 Å². The number of hydrogen-bond acceptors (Lipinski definition) is 11. The number of aliphatic imine (C=N–C) groups is 3. The van der Waals surface area contributed by atoms with Crippen LogP contribution in [0.3, 0.4) is 0 Å². The van der Waals surface area contributed by atoms with Crippen LogP contribution in [0.15, 0.2) is 26.2 Å². The van der Waals surface area contributed by atoms with Gasteiger partial charge in [0.2, 0.25) is 0 Å². The van der Waals surface area contributed by atoms with E-state index in [1.807, 2.05) is 4.90 Å². The highest BCUT2D eigenvalue weighted by molar-refractivity contribution is 5.95. The van der Waals surface area contributed by atoms with E-state index in [4.69, 9.17) is 36.7 Å². The molecule has 5 aliphatic rings. The molecule has 0 aromatic carbocycles. The van der Waals surface area contributed by atoms with Gasteiger partial charge in [0.1, 0.15) is 0 Å². The molecule has 13 heteroatoms. The van der Waals surface area contributed by atoms with Gasteiger partial charge in [-0.3, -0.25) is 9.79 Å². The van der Waals surface area contributed by atoms with Crippen molar-refractivity contribution in [2.24, 2.45) is 38.1 Å². The van der Waals surface area contributed by atoms with Gasteiger partial charge in [-0.25, -0.2) is 14.8 Å². The molecule has 50 heavy (non-hydrogen) atoms. The number of hydrogen-bond donors (Lipinski definition) is 4. The summed E-state index contributed by atoms with van der Waals surface area (Å²) in [6, 6.07) is 0.745. The van der Waals surface area contributed by atoms with Crippen LogP contribution in [0.5, 0.6) is 0 Å². The van der Waals surface area contributed by atoms with Crippen LogP contribution < -0.4 is 22.5 Å². The van der Waals surface area contributed by atoms with E-state index >= 15 is 0 Å². The predicted molar refractivity (Wildman–Crippen MR) is 197 cm³/mol. The van der Waals surface area contributed by atoms with Crippen LogP contribution in [0.4, 0.5) is 0 Å². The first kappa shape index (κ1) is 37.7. The fraction of sp³-hybridized carbons (Fsp3) is 0.811. The monoisotopic (exact) mass is 698 g/mol. The largest absolute Gasteiger partial charge is 0.465 e. The summed E-state index contributed by atoms with van der Waals surface area (Å²) >= 11 is 0. The standard InChI is InChI=1S/C37H63N9O4/c1-3-4-5-6-9-15-26-24-27-18-19-30-31(25(2)42-37(43-26)46(27)30)33(47)49-22-12-8-7-10-16-28-32(29-17-14-21-45(29)36(40)44-28)34(48)50-23-13-11-20-41-35(38)39/h25-28,30-31H,3-24H2,1-2H3,(H2,40,44)(H,42,43)(H4,38,39,41)/t25-,26-,27+,28-,30+,31+/m1/s1. The quantitative estimate of drug-likeness (QED) is 0.0626. The molecular weight excluding hydrogens is 634 g/mol. The maximum Gasteiger partial charge on any atom is 0.337 e. The van der Waals surface area contributed by atoms with Gasteiger partial charge in [0.05, 0.1) is 36.8 Å². The number of guanidine groups is 3. The number of rotatable bonds is 20. The molecule has 3 saturated heterocycles. The van der Waals surface area contributed by atoms with Crippen molar-refractivity contribution in [3.8, 4) is 0 Å². The molecule has 13 nitrogen and oxygen atoms in total. The summed E-state index contributed by atoms with van der Waals surface area (Å²) in [4.78, 5) is 44.7. The SMILES string of the molecule is CCCCCCC[C@@H]1C[C@@H]2CC[C@H]3[C@@H](C(=O)OCCCCCC[C@H]4N=C(N)N5CCCC5=C4C(=O)OCCCCN=C(N)N)[C@@H](C)N=C(N1)N23. The third-order valence-electron chi connectivity index (χ3n) is 11.1.